The van der Waals surface area contributed by atoms with Gasteiger partial charge in [0.05, 0.1) is 5.52 Å². The topological polar surface area (TPSA) is 68.5 Å². The molecule has 0 amide bonds. The average molecular weight is 354 g/mol. The molecule has 1 aromatic carbocycles. The van der Waals surface area contributed by atoms with Crippen LogP contribution in [0.25, 0.3) is 10.9 Å². The predicted molar refractivity (Wildman–Crippen MR) is 82.8 cm³/mol. The fourth-order valence-corrected chi connectivity index (χ4v) is 2.23. The van der Waals surface area contributed by atoms with E-state index in [0.29, 0.717) is 17.3 Å². The highest BCUT2D eigenvalue weighted by molar-refractivity contribution is 9.10. The molecule has 0 bridgehead atoms. The first-order valence-electron chi connectivity index (χ1n) is 6.53. The minimum atomic E-state index is -1.17. The Labute approximate surface area is 130 Å². The number of carbonyl (C=O) groups is 2. The lowest BCUT2D eigenvalue weighted by Gasteiger charge is -2.23. The summed E-state index contributed by atoms with van der Waals surface area (Å²) in [6.07, 6.45) is -0.0586. The minimum absolute atomic E-state index is 0.111. The van der Waals surface area contributed by atoms with E-state index in [1.165, 1.54) is 6.07 Å². The summed E-state index contributed by atoms with van der Waals surface area (Å²) in [7, 11) is 0. The molecule has 1 aromatic heterocycles. The molecule has 0 fully saturated rings. The molecule has 0 atom stereocenters. The van der Waals surface area contributed by atoms with Crippen molar-refractivity contribution in [2.24, 2.45) is 0 Å². The van der Waals surface area contributed by atoms with Crippen molar-refractivity contribution in [3.8, 4) is 0 Å². The van der Waals surface area contributed by atoms with Gasteiger partial charge in [0.25, 0.3) is 0 Å². The van der Waals surface area contributed by atoms with Gasteiger partial charge in [0.1, 0.15) is 11.3 Å². The van der Waals surface area contributed by atoms with Crippen molar-refractivity contribution in [2.75, 3.05) is 0 Å². The van der Waals surface area contributed by atoms with Crippen LogP contribution in [-0.2, 0) is 4.74 Å². The van der Waals surface area contributed by atoms with Crippen molar-refractivity contribution in [3.05, 3.63) is 34.4 Å². The highest BCUT2D eigenvalue weighted by Crippen LogP contribution is 2.25. The number of carboxylic acid groups (broad SMARTS) is 1. The zero-order valence-corrected chi connectivity index (χ0v) is 13.6. The number of aromatic carboxylic acids is 1. The highest BCUT2D eigenvalue weighted by Gasteiger charge is 2.26. The lowest BCUT2D eigenvalue weighted by atomic mass is 10.1. The van der Waals surface area contributed by atoms with Crippen LogP contribution in [0.1, 0.15) is 37.7 Å². The highest BCUT2D eigenvalue weighted by atomic mass is 79.9. The SMILES string of the molecule is CCC(C)(C)OC(=O)n1c(C(=O)O)cc2ccc(Br)cc21. The molecule has 0 saturated carbocycles. The van der Waals surface area contributed by atoms with E-state index < -0.39 is 17.7 Å². The molecule has 1 N–H and O–H groups in total. The first-order chi connectivity index (χ1) is 9.75. The number of aromatic nitrogens is 1. The van der Waals surface area contributed by atoms with Crippen molar-refractivity contribution < 1.29 is 19.4 Å². The van der Waals surface area contributed by atoms with E-state index in [4.69, 9.17) is 4.74 Å². The number of hydrogen-bond donors (Lipinski definition) is 1. The Kier molecular flexibility index (Phi) is 4.09. The van der Waals surface area contributed by atoms with E-state index in [1.807, 2.05) is 6.92 Å². The van der Waals surface area contributed by atoms with Crippen LogP contribution in [-0.4, -0.2) is 27.3 Å². The first kappa shape index (κ1) is 15.6. The molecule has 1 heterocycles. The minimum Gasteiger partial charge on any atom is -0.477 e. The summed E-state index contributed by atoms with van der Waals surface area (Å²) in [6.45, 7) is 5.47. The summed E-state index contributed by atoms with van der Waals surface area (Å²) in [6, 6.07) is 6.70. The number of nitrogens with zero attached hydrogens (tertiary/aromatic N) is 1. The largest absolute Gasteiger partial charge is 0.477 e. The van der Waals surface area contributed by atoms with E-state index in [9.17, 15) is 14.7 Å². The lowest BCUT2D eigenvalue weighted by Crippen LogP contribution is -2.30. The number of benzene rings is 1. The number of hydrogen-bond acceptors (Lipinski definition) is 3. The van der Waals surface area contributed by atoms with Gasteiger partial charge in [-0.1, -0.05) is 28.9 Å². The second kappa shape index (κ2) is 5.52. The Morgan fingerprint density at radius 1 is 1.33 bits per heavy atom. The number of halogens is 1. The van der Waals surface area contributed by atoms with Gasteiger partial charge in [0, 0.05) is 9.86 Å². The summed E-state index contributed by atoms with van der Waals surface area (Å²) < 4.78 is 7.27. The van der Waals surface area contributed by atoms with E-state index in [2.05, 4.69) is 15.9 Å². The maximum Gasteiger partial charge on any atom is 0.419 e. The molecule has 0 saturated heterocycles. The lowest BCUT2D eigenvalue weighted by molar-refractivity contribution is 0.0363. The van der Waals surface area contributed by atoms with Crippen molar-refractivity contribution in [1.82, 2.24) is 4.57 Å². The number of rotatable bonds is 3. The summed E-state index contributed by atoms with van der Waals surface area (Å²) in [4.78, 5) is 23.8. The summed E-state index contributed by atoms with van der Waals surface area (Å²) in [5.41, 5.74) is -0.270. The Bertz CT molecular complexity index is 718. The van der Waals surface area contributed by atoms with Gasteiger partial charge in [-0.2, -0.15) is 0 Å². The van der Waals surface area contributed by atoms with E-state index in [1.54, 1.807) is 32.0 Å². The maximum absolute atomic E-state index is 12.4. The molecule has 2 rings (SSSR count). The van der Waals surface area contributed by atoms with Crippen LogP contribution in [0.2, 0.25) is 0 Å². The maximum atomic E-state index is 12.4. The van der Waals surface area contributed by atoms with Gasteiger partial charge >= 0.3 is 12.1 Å². The average Bonchev–Trinajstić information content (AvgIpc) is 2.77. The predicted octanol–water partition coefficient (Wildman–Crippen LogP) is 4.28. The van der Waals surface area contributed by atoms with E-state index >= 15 is 0 Å². The smallest absolute Gasteiger partial charge is 0.419 e. The molecular weight excluding hydrogens is 338 g/mol. The Morgan fingerprint density at radius 2 is 2.00 bits per heavy atom. The molecule has 2 aromatic rings. The van der Waals surface area contributed by atoms with Gasteiger partial charge in [0.2, 0.25) is 0 Å². The second-order valence-corrected chi connectivity index (χ2v) is 6.27. The van der Waals surface area contributed by atoms with Crippen LogP contribution in [0.4, 0.5) is 4.79 Å². The van der Waals surface area contributed by atoms with Crippen LogP contribution >= 0.6 is 15.9 Å². The number of fused-ring (bicyclic) bond motifs is 1. The Balaban J connectivity index is 2.59. The normalized spacial score (nSPS) is 11.6. The van der Waals surface area contributed by atoms with Gasteiger partial charge in [0.15, 0.2) is 0 Å². The molecule has 0 aliphatic heterocycles. The van der Waals surface area contributed by atoms with Gasteiger partial charge in [-0.05, 0) is 38.5 Å². The van der Waals surface area contributed by atoms with Crippen molar-refractivity contribution in [1.29, 1.82) is 0 Å². The molecule has 0 spiro atoms. The third kappa shape index (κ3) is 3.10. The molecule has 0 unspecified atom stereocenters. The fourth-order valence-electron chi connectivity index (χ4n) is 1.88. The van der Waals surface area contributed by atoms with Crippen LogP contribution in [0.15, 0.2) is 28.7 Å². The third-order valence-corrected chi connectivity index (χ3v) is 3.88. The number of ether oxygens (including phenoxy) is 1. The van der Waals surface area contributed by atoms with E-state index in [0.717, 1.165) is 9.04 Å². The first-order valence-corrected chi connectivity index (χ1v) is 7.32. The summed E-state index contributed by atoms with van der Waals surface area (Å²) in [5.74, 6) is -1.17. The standard InChI is InChI=1S/C15H16BrNO4/c1-4-15(2,3)21-14(20)17-11-8-10(16)6-5-9(11)7-12(17)13(18)19/h5-8H,4H2,1-3H3,(H,18,19). The van der Waals surface area contributed by atoms with Crippen molar-refractivity contribution in [3.63, 3.8) is 0 Å². The zero-order chi connectivity index (χ0) is 15.8. The molecule has 112 valence electrons. The van der Waals surface area contributed by atoms with Gasteiger partial charge in [-0.25, -0.2) is 14.2 Å². The molecule has 0 radical (unpaired) electrons. The fraction of sp³-hybridized carbons (Fsp3) is 0.333. The Morgan fingerprint density at radius 3 is 2.57 bits per heavy atom. The number of carbonyl (C=O) groups excluding carboxylic acids is 1. The van der Waals surface area contributed by atoms with Crippen LogP contribution < -0.4 is 0 Å². The Hall–Kier alpha value is -1.82. The second-order valence-electron chi connectivity index (χ2n) is 5.35. The molecule has 21 heavy (non-hydrogen) atoms. The van der Waals surface area contributed by atoms with Gasteiger partial charge in [-0.3, -0.25) is 0 Å². The monoisotopic (exact) mass is 353 g/mol. The van der Waals surface area contributed by atoms with Gasteiger partial charge in [-0.15, -0.1) is 0 Å². The molecule has 6 heteroatoms. The van der Waals surface area contributed by atoms with Crippen LogP contribution in [0.3, 0.4) is 0 Å². The molecule has 5 nitrogen and oxygen atoms in total. The molecule has 0 aliphatic carbocycles. The van der Waals surface area contributed by atoms with Crippen molar-refractivity contribution in [2.45, 2.75) is 32.8 Å². The third-order valence-electron chi connectivity index (χ3n) is 3.38. The van der Waals surface area contributed by atoms with Crippen molar-refractivity contribution >= 4 is 38.9 Å². The zero-order valence-electron chi connectivity index (χ0n) is 12.0. The quantitative estimate of drug-likeness (QED) is 0.894. The molecular formula is C15H16BrNO4. The van der Waals surface area contributed by atoms with E-state index in [-0.39, 0.29) is 5.69 Å². The summed E-state index contributed by atoms with van der Waals surface area (Å²) >= 11 is 3.32. The molecule has 0 aliphatic rings. The van der Waals surface area contributed by atoms with Crippen LogP contribution in [0.5, 0.6) is 0 Å². The number of carboxylic acids is 1. The van der Waals surface area contributed by atoms with Crippen LogP contribution in [0, 0.1) is 0 Å². The summed E-state index contributed by atoms with van der Waals surface area (Å²) in [5, 5.41) is 9.97. The van der Waals surface area contributed by atoms with Gasteiger partial charge < -0.3 is 9.84 Å².